The maximum absolute atomic E-state index is 13.8. The fraction of sp³-hybridized carbons (Fsp3) is 0. The van der Waals surface area contributed by atoms with E-state index < -0.39 is 38.9 Å². The van der Waals surface area contributed by atoms with Crippen LogP contribution in [0.15, 0.2) is 65.8 Å². The van der Waals surface area contributed by atoms with Crippen molar-refractivity contribution in [2.24, 2.45) is 0 Å². The van der Waals surface area contributed by atoms with E-state index in [4.69, 9.17) is 0 Å². The number of aromatic nitrogens is 3. The van der Waals surface area contributed by atoms with Crippen molar-refractivity contribution < 1.29 is 26.4 Å². The Bertz CT molecular complexity index is 1370. The second kappa shape index (κ2) is 7.26. The molecule has 0 aliphatic carbocycles. The molecule has 0 aliphatic rings. The molecule has 0 unspecified atom stereocenters. The van der Waals surface area contributed by atoms with E-state index in [-0.39, 0.29) is 16.2 Å². The number of carbonyl (C=O) groups excluding carboxylic acids is 1. The molecule has 7 nitrogen and oxygen atoms in total. The van der Waals surface area contributed by atoms with Crippen LogP contribution in [0, 0.1) is 17.5 Å². The average molecular weight is 432 g/mol. The molecule has 0 fully saturated rings. The van der Waals surface area contributed by atoms with Crippen LogP contribution in [0.3, 0.4) is 0 Å². The Morgan fingerprint density at radius 3 is 2.30 bits per heavy atom. The number of benzene rings is 2. The van der Waals surface area contributed by atoms with Crippen molar-refractivity contribution in [3.05, 3.63) is 83.9 Å². The SMILES string of the molecule is O=C(Nc1cc2c(cn1)cnn2S(=O)(=O)c1ccc(F)cc1)c1c(F)cccc1F. The summed E-state index contributed by atoms with van der Waals surface area (Å²) in [5.41, 5.74) is -0.745. The van der Waals surface area contributed by atoms with Gasteiger partial charge in [-0.3, -0.25) is 4.79 Å². The lowest BCUT2D eigenvalue weighted by Gasteiger charge is -2.08. The molecule has 30 heavy (non-hydrogen) atoms. The molecule has 0 radical (unpaired) electrons. The van der Waals surface area contributed by atoms with Gasteiger partial charge in [-0.1, -0.05) is 6.07 Å². The second-order valence-electron chi connectivity index (χ2n) is 6.13. The molecule has 0 spiro atoms. The summed E-state index contributed by atoms with van der Waals surface area (Å²) in [7, 11) is -4.17. The fourth-order valence-corrected chi connectivity index (χ4v) is 4.03. The quantitative estimate of drug-likeness (QED) is 0.534. The third kappa shape index (κ3) is 3.39. The number of amides is 1. The maximum Gasteiger partial charge on any atom is 0.283 e. The Balaban J connectivity index is 1.73. The molecule has 2 aromatic heterocycles. The maximum atomic E-state index is 13.8. The van der Waals surface area contributed by atoms with Crippen molar-refractivity contribution in [1.29, 1.82) is 0 Å². The van der Waals surface area contributed by atoms with Gasteiger partial charge < -0.3 is 5.32 Å². The zero-order valence-corrected chi connectivity index (χ0v) is 15.7. The summed E-state index contributed by atoms with van der Waals surface area (Å²) in [6.07, 6.45) is 2.48. The summed E-state index contributed by atoms with van der Waals surface area (Å²) in [5.74, 6) is -3.96. The normalized spacial score (nSPS) is 11.6. The molecular weight excluding hydrogens is 421 g/mol. The molecule has 4 rings (SSSR count). The van der Waals surface area contributed by atoms with Crippen molar-refractivity contribution in [3.63, 3.8) is 0 Å². The summed E-state index contributed by atoms with van der Waals surface area (Å²) >= 11 is 0. The van der Waals surface area contributed by atoms with E-state index >= 15 is 0 Å². The fourth-order valence-electron chi connectivity index (χ4n) is 2.76. The third-order valence-electron chi connectivity index (χ3n) is 4.19. The van der Waals surface area contributed by atoms with Crippen LogP contribution in [0.5, 0.6) is 0 Å². The first kappa shape index (κ1) is 19.6. The largest absolute Gasteiger partial charge is 0.306 e. The first-order chi connectivity index (χ1) is 14.3. The number of hydrogen-bond donors (Lipinski definition) is 1. The van der Waals surface area contributed by atoms with Crippen molar-refractivity contribution in [2.45, 2.75) is 4.90 Å². The number of pyridine rings is 1. The Labute approximate surface area is 167 Å². The number of nitrogens with one attached hydrogen (secondary N) is 1. The minimum Gasteiger partial charge on any atom is -0.306 e. The van der Waals surface area contributed by atoms with Crippen molar-refractivity contribution >= 4 is 32.7 Å². The van der Waals surface area contributed by atoms with Crippen molar-refractivity contribution in [3.8, 4) is 0 Å². The molecule has 0 saturated heterocycles. The highest BCUT2D eigenvalue weighted by Gasteiger charge is 2.22. The Kier molecular flexibility index (Phi) is 4.74. The van der Waals surface area contributed by atoms with Gasteiger partial charge in [-0.05, 0) is 36.4 Å². The highest BCUT2D eigenvalue weighted by atomic mass is 32.2. The lowest BCUT2D eigenvalue weighted by atomic mass is 10.2. The van der Waals surface area contributed by atoms with Crippen LogP contribution < -0.4 is 5.32 Å². The summed E-state index contributed by atoms with van der Waals surface area (Å²) in [6, 6.07) is 8.33. The van der Waals surface area contributed by atoms with Gasteiger partial charge in [0.1, 0.15) is 28.8 Å². The number of anilines is 1. The second-order valence-corrected chi connectivity index (χ2v) is 7.89. The highest BCUT2D eigenvalue weighted by molar-refractivity contribution is 7.90. The van der Waals surface area contributed by atoms with Crippen LogP contribution in [0.4, 0.5) is 19.0 Å². The smallest absolute Gasteiger partial charge is 0.283 e. The van der Waals surface area contributed by atoms with Gasteiger partial charge in [0, 0.05) is 17.6 Å². The minimum absolute atomic E-state index is 0.0543. The van der Waals surface area contributed by atoms with Crippen LogP contribution in [0.25, 0.3) is 10.9 Å². The molecule has 4 aromatic rings. The van der Waals surface area contributed by atoms with Crippen LogP contribution in [-0.4, -0.2) is 28.5 Å². The number of nitrogens with zero attached hydrogens (tertiary/aromatic N) is 3. The number of rotatable bonds is 4. The van der Waals surface area contributed by atoms with Gasteiger partial charge >= 0.3 is 0 Å². The van der Waals surface area contributed by atoms with E-state index in [1.54, 1.807) is 0 Å². The highest BCUT2D eigenvalue weighted by Crippen LogP contribution is 2.23. The van der Waals surface area contributed by atoms with Crippen LogP contribution in [0.2, 0.25) is 0 Å². The minimum atomic E-state index is -4.17. The van der Waals surface area contributed by atoms with Gasteiger partial charge in [0.15, 0.2) is 0 Å². The number of carbonyl (C=O) groups is 1. The predicted octanol–water partition coefficient (Wildman–Crippen LogP) is 3.34. The van der Waals surface area contributed by atoms with E-state index in [1.165, 1.54) is 18.5 Å². The summed E-state index contributed by atoms with van der Waals surface area (Å²) in [4.78, 5) is 16.0. The predicted molar refractivity (Wildman–Crippen MR) is 101 cm³/mol. The van der Waals surface area contributed by atoms with E-state index in [1.807, 2.05) is 0 Å². The van der Waals surface area contributed by atoms with Gasteiger partial charge in [0.2, 0.25) is 0 Å². The Hall–Kier alpha value is -3.73. The van der Waals surface area contributed by atoms with Crippen LogP contribution >= 0.6 is 0 Å². The number of halogens is 3. The number of fused-ring (bicyclic) bond motifs is 1. The summed E-state index contributed by atoms with van der Waals surface area (Å²) < 4.78 is 67.1. The first-order valence-corrected chi connectivity index (χ1v) is 9.81. The van der Waals surface area contributed by atoms with Crippen LogP contribution in [0.1, 0.15) is 10.4 Å². The van der Waals surface area contributed by atoms with Gasteiger partial charge in [-0.2, -0.15) is 17.6 Å². The van der Waals surface area contributed by atoms with Gasteiger partial charge in [-0.15, -0.1) is 0 Å². The zero-order chi connectivity index (χ0) is 21.5. The lowest BCUT2D eigenvalue weighted by molar-refractivity contribution is 0.101. The van der Waals surface area contributed by atoms with E-state index in [0.29, 0.717) is 9.47 Å². The first-order valence-electron chi connectivity index (χ1n) is 8.37. The lowest BCUT2D eigenvalue weighted by Crippen LogP contribution is -2.17. The standard InChI is InChI=1S/C19H11F3N4O3S/c20-12-4-6-13(7-5-12)30(28,29)26-16-8-17(23-9-11(16)10-24-26)25-19(27)18-14(21)2-1-3-15(18)22/h1-10H,(H,23,25,27). The molecule has 11 heteroatoms. The van der Waals surface area contributed by atoms with Gasteiger partial charge in [0.25, 0.3) is 15.9 Å². The molecule has 0 aliphatic heterocycles. The molecule has 2 aromatic carbocycles. The molecule has 0 saturated carbocycles. The van der Waals surface area contributed by atoms with E-state index in [2.05, 4.69) is 15.4 Å². The molecule has 1 amide bonds. The molecule has 2 heterocycles. The topological polar surface area (TPSA) is 93.9 Å². The zero-order valence-electron chi connectivity index (χ0n) is 14.9. The van der Waals surface area contributed by atoms with Gasteiger partial charge in [0.05, 0.1) is 16.6 Å². The Morgan fingerprint density at radius 2 is 1.63 bits per heavy atom. The summed E-state index contributed by atoms with van der Waals surface area (Å²) in [5, 5.41) is 6.40. The monoisotopic (exact) mass is 432 g/mol. The van der Waals surface area contributed by atoms with Crippen LogP contribution in [-0.2, 0) is 10.0 Å². The molecule has 0 atom stereocenters. The van der Waals surface area contributed by atoms with Gasteiger partial charge in [-0.25, -0.2) is 18.2 Å². The Morgan fingerprint density at radius 1 is 0.967 bits per heavy atom. The number of hydrogen-bond acceptors (Lipinski definition) is 5. The summed E-state index contributed by atoms with van der Waals surface area (Å²) in [6.45, 7) is 0. The van der Waals surface area contributed by atoms with E-state index in [0.717, 1.165) is 42.5 Å². The van der Waals surface area contributed by atoms with Crippen molar-refractivity contribution in [2.75, 3.05) is 5.32 Å². The van der Waals surface area contributed by atoms with Crippen molar-refractivity contribution in [1.82, 2.24) is 14.2 Å². The van der Waals surface area contributed by atoms with E-state index in [9.17, 15) is 26.4 Å². The molecule has 1 N–H and O–H groups in total. The molecule has 0 bridgehead atoms. The average Bonchev–Trinajstić information content (AvgIpc) is 3.12. The molecule has 152 valence electrons. The third-order valence-corrected chi connectivity index (χ3v) is 5.80. The molecular formula is C19H11F3N4O3S.